The second-order valence-corrected chi connectivity index (χ2v) is 6.17. The molecular formula is C15H19BrN2. The van der Waals surface area contributed by atoms with Crippen molar-refractivity contribution < 1.29 is 0 Å². The molecule has 1 aromatic carbocycles. The second kappa shape index (κ2) is 4.71. The van der Waals surface area contributed by atoms with Crippen molar-refractivity contribution in [1.29, 1.82) is 0 Å². The van der Waals surface area contributed by atoms with Crippen LogP contribution in [-0.4, -0.2) is 18.1 Å². The maximum absolute atomic E-state index is 3.80. The normalized spacial score (nSPS) is 17.5. The lowest BCUT2D eigenvalue weighted by Crippen LogP contribution is -2.26. The zero-order chi connectivity index (χ0) is 12.7. The second-order valence-electron chi connectivity index (χ2n) is 5.38. The van der Waals surface area contributed by atoms with Crippen LogP contribution in [0.1, 0.15) is 35.6 Å². The molecule has 96 valence electrons. The number of aromatic amines is 1. The molecule has 2 N–H and O–H groups in total. The maximum atomic E-state index is 3.80. The first-order chi connectivity index (χ1) is 8.66. The van der Waals surface area contributed by atoms with Gasteiger partial charge in [-0.3, -0.25) is 0 Å². The number of hydrogen-bond donors (Lipinski definition) is 2. The first-order valence-corrected chi connectivity index (χ1v) is 7.45. The Balaban J connectivity index is 2.13. The first kappa shape index (κ1) is 12.2. The molecule has 18 heavy (non-hydrogen) atoms. The summed E-state index contributed by atoms with van der Waals surface area (Å²) in [6.45, 7) is 6.61. The summed E-state index contributed by atoms with van der Waals surface area (Å²) in [5.41, 5.74) is 5.35. The van der Waals surface area contributed by atoms with Gasteiger partial charge < -0.3 is 10.3 Å². The topological polar surface area (TPSA) is 27.8 Å². The van der Waals surface area contributed by atoms with E-state index < -0.39 is 0 Å². The van der Waals surface area contributed by atoms with Crippen molar-refractivity contribution in [2.75, 3.05) is 13.1 Å². The number of aryl methyl sites for hydroxylation is 2. The molecule has 0 atom stereocenters. The van der Waals surface area contributed by atoms with E-state index in [1.165, 1.54) is 45.0 Å². The number of aromatic nitrogens is 1. The minimum Gasteiger partial charge on any atom is -0.357 e. The number of fused-ring (bicyclic) bond motifs is 1. The summed E-state index contributed by atoms with van der Waals surface area (Å²) in [4.78, 5) is 3.65. The van der Waals surface area contributed by atoms with Crippen LogP contribution in [0.5, 0.6) is 0 Å². The van der Waals surface area contributed by atoms with E-state index in [1.807, 2.05) is 0 Å². The summed E-state index contributed by atoms with van der Waals surface area (Å²) in [7, 11) is 0. The van der Waals surface area contributed by atoms with Crippen molar-refractivity contribution in [2.45, 2.75) is 32.6 Å². The molecule has 0 amide bonds. The molecule has 1 fully saturated rings. The summed E-state index contributed by atoms with van der Waals surface area (Å²) in [5.74, 6) is 0.660. The van der Waals surface area contributed by atoms with Crippen LogP contribution in [0.4, 0.5) is 0 Å². The molecule has 0 spiro atoms. The molecule has 3 rings (SSSR count). The van der Waals surface area contributed by atoms with Crippen LogP contribution < -0.4 is 5.32 Å². The van der Waals surface area contributed by atoms with Crippen molar-refractivity contribution in [1.82, 2.24) is 10.3 Å². The molecule has 2 aromatic rings. The predicted molar refractivity (Wildman–Crippen MR) is 80.3 cm³/mol. The molecule has 1 saturated heterocycles. The zero-order valence-corrected chi connectivity index (χ0v) is 12.5. The number of H-pyrrole nitrogens is 1. The van der Waals surface area contributed by atoms with E-state index in [2.05, 4.69) is 52.2 Å². The van der Waals surface area contributed by atoms with Crippen LogP contribution >= 0.6 is 15.9 Å². The molecule has 0 aliphatic carbocycles. The summed E-state index contributed by atoms with van der Waals surface area (Å²) < 4.78 is 1.27. The molecule has 0 radical (unpaired) electrons. The zero-order valence-electron chi connectivity index (χ0n) is 10.9. The van der Waals surface area contributed by atoms with Crippen molar-refractivity contribution in [3.8, 4) is 0 Å². The van der Waals surface area contributed by atoms with Gasteiger partial charge >= 0.3 is 0 Å². The highest BCUT2D eigenvalue weighted by molar-refractivity contribution is 9.10. The van der Waals surface area contributed by atoms with Gasteiger partial charge in [-0.25, -0.2) is 0 Å². The minimum atomic E-state index is 0.660. The monoisotopic (exact) mass is 306 g/mol. The first-order valence-electron chi connectivity index (χ1n) is 6.66. The number of benzene rings is 1. The van der Waals surface area contributed by atoms with Gasteiger partial charge in [0.05, 0.1) is 0 Å². The lowest BCUT2D eigenvalue weighted by atomic mass is 9.95. The van der Waals surface area contributed by atoms with Crippen LogP contribution in [0.2, 0.25) is 0 Å². The van der Waals surface area contributed by atoms with Gasteiger partial charge in [0.1, 0.15) is 0 Å². The van der Waals surface area contributed by atoms with E-state index in [1.54, 1.807) is 0 Å². The third-order valence-corrected chi connectivity index (χ3v) is 4.81. The van der Waals surface area contributed by atoms with E-state index >= 15 is 0 Å². The van der Waals surface area contributed by atoms with Crippen molar-refractivity contribution in [3.63, 3.8) is 0 Å². The lowest BCUT2D eigenvalue weighted by molar-refractivity contribution is 0.454. The van der Waals surface area contributed by atoms with E-state index in [4.69, 9.17) is 0 Å². The SMILES string of the molecule is Cc1cc(C)c2[nH]c(C3CCNCC3)c(Br)c2c1. The van der Waals surface area contributed by atoms with Crippen LogP contribution in [0.3, 0.4) is 0 Å². The number of piperidine rings is 1. The number of rotatable bonds is 1. The third kappa shape index (κ3) is 1.99. The van der Waals surface area contributed by atoms with Crippen molar-refractivity contribution in [3.05, 3.63) is 33.4 Å². The van der Waals surface area contributed by atoms with Crippen LogP contribution in [-0.2, 0) is 0 Å². The lowest BCUT2D eigenvalue weighted by Gasteiger charge is -2.22. The van der Waals surface area contributed by atoms with E-state index in [-0.39, 0.29) is 0 Å². The Morgan fingerprint density at radius 2 is 1.89 bits per heavy atom. The van der Waals surface area contributed by atoms with Gasteiger partial charge in [-0.05, 0) is 67.3 Å². The van der Waals surface area contributed by atoms with Crippen molar-refractivity contribution >= 4 is 26.8 Å². The molecular weight excluding hydrogens is 288 g/mol. The molecule has 0 unspecified atom stereocenters. The van der Waals surface area contributed by atoms with Gasteiger partial charge in [-0.1, -0.05) is 11.6 Å². The molecule has 2 heterocycles. The van der Waals surface area contributed by atoms with E-state index in [9.17, 15) is 0 Å². The maximum Gasteiger partial charge on any atom is 0.0497 e. The Morgan fingerprint density at radius 3 is 2.61 bits per heavy atom. The molecule has 3 heteroatoms. The highest BCUT2D eigenvalue weighted by Crippen LogP contribution is 2.37. The molecule has 0 saturated carbocycles. The van der Waals surface area contributed by atoms with E-state index in [0.717, 1.165) is 13.1 Å². The summed E-state index contributed by atoms with van der Waals surface area (Å²) in [6.07, 6.45) is 2.45. The Kier molecular flexibility index (Phi) is 3.20. The average Bonchev–Trinajstić information content (AvgIpc) is 2.69. The highest BCUT2D eigenvalue weighted by atomic mass is 79.9. The molecule has 1 aromatic heterocycles. The smallest absolute Gasteiger partial charge is 0.0497 e. The molecule has 0 bridgehead atoms. The predicted octanol–water partition coefficient (Wildman–Crippen LogP) is 4.01. The fourth-order valence-electron chi connectivity index (χ4n) is 3.03. The van der Waals surface area contributed by atoms with E-state index in [0.29, 0.717) is 5.92 Å². The molecule has 1 aliphatic rings. The highest BCUT2D eigenvalue weighted by Gasteiger charge is 2.21. The Hall–Kier alpha value is -0.800. The average molecular weight is 307 g/mol. The summed E-state index contributed by atoms with van der Waals surface area (Å²) in [6, 6.07) is 4.52. The summed E-state index contributed by atoms with van der Waals surface area (Å²) >= 11 is 3.80. The van der Waals surface area contributed by atoms with Gasteiger partial charge in [0.15, 0.2) is 0 Å². The van der Waals surface area contributed by atoms with Crippen molar-refractivity contribution in [2.24, 2.45) is 0 Å². The van der Waals surface area contributed by atoms with Gasteiger partial charge in [0.2, 0.25) is 0 Å². The Morgan fingerprint density at radius 1 is 1.17 bits per heavy atom. The van der Waals surface area contributed by atoms with Gasteiger partial charge in [-0.2, -0.15) is 0 Å². The summed E-state index contributed by atoms with van der Waals surface area (Å²) in [5, 5.41) is 4.76. The van der Waals surface area contributed by atoms with Gasteiger partial charge in [0.25, 0.3) is 0 Å². The van der Waals surface area contributed by atoms with Crippen LogP contribution in [0.15, 0.2) is 16.6 Å². The van der Waals surface area contributed by atoms with Gasteiger partial charge in [0, 0.05) is 27.0 Å². The van der Waals surface area contributed by atoms with Crippen LogP contribution in [0.25, 0.3) is 10.9 Å². The molecule has 2 nitrogen and oxygen atoms in total. The Bertz CT molecular complexity index is 580. The number of hydrogen-bond acceptors (Lipinski definition) is 1. The number of halogens is 1. The fraction of sp³-hybridized carbons (Fsp3) is 0.467. The van der Waals surface area contributed by atoms with Crippen LogP contribution in [0, 0.1) is 13.8 Å². The quantitative estimate of drug-likeness (QED) is 0.818. The minimum absolute atomic E-state index is 0.660. The van der Waals surface area contributed by atoms with Gasteiger partial charge in [-0.15, -0.1) is 0 Å². The number of nitrogens with one attached hydrogen (secondary N) is 2. The largest absolute Gasteiger partial charge is 0.357 e. The fourth-order valence-corrected chi connectivity index (χ4v) is 3.77. The molecule has 1 aliphatic heterocycles. The Labute approximate surface area is 116 Å². The third-order valence-electron chi connectivity index (χ3n) is 3.96. The standard InChI is InChI=1S/C15H19BrN2/c1-9-7-10(2)14-12(8-9)13(16)15(18-14)11-3-5-17-6-4-11/h7-8,11,17-18H,3-6H2,1-2H3.